The quantitative estimate of drug-likeness (QED) is 0.308. The molecule has 21 heavy (non-hydrogen) atoms. The summed E-state index contributed by atoms with van der Waals surface area (Å²) in [5.41, 5.74) is 0.156. The van der Waals surface area contributed by atoms with Crippen LogP contribution in [0.15, 0.2) is 11.1 Å². The van der Waals surface area contributed by atoms with Crippen molar-refractivity contribution in [3.63, 3.8) is 0 Å². The average Bonchev–Trinajstić information content (AvgIpc) is 2.48. The third-order valence-corrected chi connectivity index (χ3v) is 3.73. The van der Waals surface area contributed by atoms with E-state index in [1.165, 1.54) is 0 Å². The van der Waals surface area contributed by atoms with Crippen molar-refractivity contribution in [2.24, 2.45) is 0 Å². The molecule has 5 heteroatoms. The lowest BCUT2D eigenvalue weighted by molar-refractivity contribution is -0.166. The van der Waals surface area contributed by atoms with Crippen LogP contribution in [0, 0.1) is 0 Å². The SMILES string of the molecule is CC(C)=C(C)C(=O)OC(CO)(CO)CCCCCCCO. The number of unbranched alkanes of at least 4 members (excludes halogenated alkanes) is 4. The van der Waals surface area contributed by atoms with Crippen LogP contribution in [-0.4, -0.2) is 46.7 Å². The number of rotatable bonds is 11. The summed E-state index contributed by atoms with van der Waals surface area (Å²) < 4.78 is 5.35. The van der Waals surface area contributed by atoms with Crippen molar-refractivity contribution < 1.29 is 24.9 Å². The molecule has 3 N–H and O–H groups in total. The Morgan fingerprint density at radius 1 is 0.905 bits per heavy atom. The molecule has 0 aliphatic rings. The standard InChI is InChI=1S/C16H30O5/c1-13(2)14(3)15(20)21-16(11-18,12-19)9-7-5-4-6-8-10-17/h17-19H,4-12H2,1-3H3. The van der Waals surface area contributed by atoms with Gasteiger partial charge < -0.3 is 20.1 Å². The molecule has 0 aromatic rings. The summed E-state index contributed by atoms with van der Waals surface area (Å²) in [5, 5.41) is 27.7. The van der Waals surface area contributed by atoms with Crippen molar-refractivity contribution in [3.8, 4) is 0 Å². The van der Waals surface area contributed by atoms with Gasteiger partial charge in [-0.2, -0.15) is 0 Å². The van der Waals surface area contributed by atoms with Crippen LogP contribution in [0.2, 0.25) is 0 Å². The number of esters is 1. The topological polar surface area (TPSA) is 87.0 Å². The summed E-state index contributed by atoms with van der Waals surface area (Å²) in [6, 6.07) is 0. The van der Waals surface area contributed by atoms with Crippen molar-refractivity contribution in [1.29, 1.82) is 0 Å². The fourth-order valence-corrected chi connectivity index (χ4v) is 1.89. The van der Waals surface area contributed by atoms with E-state index in [2.05, 4.69) is 0 Å². The molecule has 0 aromatic heterocycles. The maximum absolute atomic E-state index is 12.0. The maximum atomic E-state index is 12.0. The molecule has 0 rings (SSSR count). The van der Waals surface area contributed by atoms with Gasteiger partial charge in [0.05, 0.1) is 13.2 Å². The zero-order valence-electron chi connectivity index (χ0n) is 13.5. The van der Waals surface area contributed by atoms with Gasteiger partial charge >= 0.3 is 5.97 Å². The van der Waals surface area contributed by atoms with Crippen LogP contribution < -0.4 is 0 Å². The molecule has 0 radical (unpaired) electrons. The third kappa shape index (κ3) is 7.60. The number of hydrogen-bond acceptors (Lipinski definition) is 5. The molecule has 0 aliphatic carbocycles. The van der Waals surface area contributed by atoms with Crippen LogP contribution in [0.3, 0.4) is 0 Å². The van der Waals surface area contributed by atoms with Gasteiger partial charge in [0.15, 0.2) is 5.60 Å². The Labute approximate surface area is 127 Å². The Morgan fingerprint density at radius 3 is 1.90 bits per heavy atom. The smallest absolute Gasteiger partial charge is 0.334 e. The lowest BCUT2D eigenvalue weighted by Crippen LogP contribution is -2.43. The van der Waals surface area contributed by atoms with Crippen LogP contribution in [0.5, 0.6) is 0 Å². The molecule has 0 atom stereocenters. The Hall–Kier alpha value is -0.910. The molecular formula is C16H30O5. The van der Waals surface area contributed by atoms with Gasteiger partial charge in [-0.1, -0.05) is 24.8 Å². The lowest BCUT2D eigenvalue weighted by Gasteiger charge is -2.30. The molecule has 0 heterocycles. The molecule has 0 aromatic carbocycles. The van der Waals surface area contributed by atoms with Gasteiger partial charge in [-0.25, -0.2) is 4.79 Å². The summed E-state index contributed by atoms with van der Waals surface area (Å²) in [6.45, 7) is 4.74. The van der Waals surface area contributed by atoms with Crippen molar-refractivity contribution in [1.82, 2.24) is 0 Å². The molecular weight excluding hydrogens is 272 g/mol. The monoisotopic (exact) mass is 302 g/mol. The van der Waals surface area contributed by atoms with E-state index in [1.807, 2.05) is 13.8 Å². The highest BCUT2D eigenvalue weighted by molar-refractivity contribution is 5.88. The zero-order valence-corrected chi connectivity index (χ0v) is 13.5. The first-order valence-electron chi connectivity index (χ1n) is 7.62. The van der Waals surface area contributed by atoms with E-state index in [0.717, 1.165) is 37.7 Å². The minimum absolute atomic E-state index is 0.205. The summed E-state index contributed by atoms with van der Waals surface area (Å²) >= 11 is 0. The molecule has 0 fully saturated rings. The first-order chi connectivity index (χ1) is 9.92. The van der Waals surface area contributed by atoms with Gasteiger partial charge in [-0.05, 0) is 40.0 Å². The average molecular weight is 302 g/mol. The number of aliphatic hydroxyl groups excluding tert-OH is 3. The first kappa shape index (κ1) is 20.1. The van der Waals surface area contributed by atoms with E-state index < -0.39 is 11.6 Å². The van der Waals surface area contributed by atoms with E-state index in [0.29, 0.717) is 12.0 Å². The maximum Gasteiger partial charge on any atom is 0.334 e. The number of ether oxygens (including phenoxy) is 1. The van der Waals surface area contributed by atoms with Gasteiger partial charge in [0.2, 0.25) is 0 Å². The summed E-state index contributed by atoms with van der Waals surface area (Å²) in [6.07, 6.45) is 4.84. The highest BCUT2D eigenvalue weighted by Gasteiger charge is 2.33. The number of carbonyl (C=O) groups is 1. The van der Waals surface area contributed by atoms with E-state index in [-0.39, 0.29) is 19.8 Å². The van der Waals surface area contributed by atoms with Crippen molar-refractivity contribution >= 4 is 5.97 Å². The van der Waals surface area contributed by atoms with Crippen LogP contribution >= 0.6 is 0 Å². The molecule has 124 valence electrons. The minimum atomic E-state index is -1.20. The van der Waals surface area contributed by atoms with E-state index in [4.69, 9.17) is 9.84 Å². The lowest BCUT2D eigenvalue weighted by atomic mass is 9.96. The molecule has 5 nitrogen and oxygen atoms in total. The van der Waals surface area contributed by atoms with E-state index >= 15 is 0 Å². The normalized spacial score (nSPS) is 11.3. The second-order valence-electron chi connectivity index (χ2n) is 5.76. The van der Waals surface area contributed by atoms with E-state index in [9.17, 15) is 15.0 Å². The predicted octanol–water partition coefficient (Wildman–Crippen LogP) is 1.94. The second kappa shape index (κ2) is 10.8. The van der Waals surface area contributed by atoms with Crippen molar-refractivity contribution in [2.45, 2.75) is 64.9 Å². The number of aliphatic hydroxyl groups is 3. The van der Waals surface area contributed by atoms with Gasteiger partial charge in [0.1, 0.15) is 0 Å². The van der Waals surface area contributed by atoms with Crippen molar-refractivity contribution in [2.75, 3.05) is 19.8 Å². The minimum Gasteiger partial charge on any atom is -0.451 e. The fourth-order valence-electron chi connectivity index (χ4n) is 1.89. The Kier molecular flexibility index (Phi) is 10.3. The molecule has 0 aliphatic heterocycles. The van der Waals surface area contributed by atoms with Gasteiger partial charge in [0, 0.05) is 12.2 Å². The largest absolute Gasteiger partial charge is 0.451 e. The second-order valence-corrected chi connectivity index (χ2v) is 5.76. The highest BCUT2D eigenvalue weighted by Crippen LogP contribution is 2.22. The summed E-state index contributed by atoms with van der Waals surface area (Å²) in [5.74, 6) is -0.488. The predicted molar refractivity (Wildman–Crippen MR) is 81.8 cm³/mol. The Bertz CT molecular complexity index is 328. The molecule has 0 amide bonds. The Morgan fingerprint density at radius 2 is 1.43 bits per heavy atom. The van der Waals surface area contributed by atoms with Crippen molar-refractivity contribution in [3.05, 3.63) is 11.1 Å². The van der Waals surface area contributed by atoms with Crippen LogP contribution in [0.4, 0.5) is 0 Å². The zero-order chi connectivity index (χ0) is 16.3. The summed E-state index contributed by atoms with van der Waals surface area (Å²) in [4.78, 5) is 12.0. The van der Waals surface area contributed by atoms with Gasteiger partial charge in [-0.15, -0.1) is 0 Å². The summed E-state index contributed by atoms with van der Waals surface area (Å²) in [7, 11) is 0. The number of allylic oxidation sites excluding steroid dienone is 1. The number of hydrogen-bond donors (Lipinski definition) is 3. The van der Waals surface area contributed by atoms with Gasteiger partial charge in [-0.3, -0.25) is 0 Å². The highest BCUT2D eigenvalue weighted by atomic mass is 16.6. The van der Waals surface area contributed by atoms with Crippen LogP contribution in [0.25, 0.3) is 0 Å². The van der Waals surface area contributed by atoms with Gasteiger partial charge in [0.25, 0.3) is 0 Å². The molecule has 0 unspecified atom stereocenters. The fraction of sp³-hybridized carbons (Fsp3) is 0.812. The molecule has 0 saturated carbocycles. The first-order valence-corrected chi connectivity index (χ1v) is 7.62. The number of carbonyl (C=O) groups excluding carboxylic acids is 1. The van der Waals surface area contributed by atoms with E-state index in [1.54, 1.807) is 6.92 Å². The molecule has 0 saturated heterocycles. The molecule has 0 bridgehead atoms. The Balaban J connectivity index is 4.43. The van der Waals surface area contributed by atoms with Crippen LogP contribution in [-0.2, 0) is 9.53 Å². The van der Waals surface area contributed by atoms with Crippen LogP contribution in [0.1, 0.15) is 59.3 Å². The molecule has 0 spiro atoms. The third-order valence-electron chi connectivity index (χ3n) is 3.73.